The van der Waals surface area contributed by atoms with E-state index in [1.807, 2.05) is 81.3 Å². The highest BCUT2D eigenvalue weighted by Crippen LogP contribution is 2.29. The zero-order valence-corrected chi connectivity index (χ0v) is 22.6. The van der Waals surface area contributed by atoms with Crippen molar-refractivity contribution >= 4 is 40.5 Å². The molecule has 0 saturated carbocycles. The van der Waals surface area contributed by atoms with E-state index in [1.54, 1.807) is 4.52 Å². The van der Waals surface area contributed by atoms with Gasteiger partial charge in [0.2, 0.25) is 11.1 Å². The third-order valence-electron chi connectivity index (χ3n) is 5.86. The number of amides is 1. The normalized spacial score (nSPS) is 18.2. The van der Waals surface area contributed by atoms with Gasteiger partial charge in [-0.2, -0.15) is 5.10 Å². The summed E-state index contributed by atoms with van der Waals surface area (Å²) in [6, 6.07) is 13.3. The van der Waals surface area contributed by atoms with E-state index in [4.69, 9.17) is 9.72 Å². The van der Waals surface area contributed by atoms with Gasteiger partial charge < -0.3 is 20.5 Å². The Hall–Kier alpha value is -3.45. The zero-order chi connectivity index (χ0) is 26.9. The summed E-state index contributed by atoms with van der Waals surface area (Å²) in [6.45, 7) is 8.93. The fraction of sp³-hybridized carbons (Fsp3) is 0.385. The van der Waals surface area contributed by atoms with E-state index >= 15 is 0 Å². The van der Waals surface area contributed by atoms with Crippen LogP contribution in [0.1, 0.15) is 26.5 Å². The third-order valence-corrected chi connectivity index (χ3v) is 6.72. The molecule has 1 fully saturated rings. The van der Waals surface area contributed by atoms with Crippen molar-refractivity contribution in [1.29, 1.82) is 0 Å². The number of carbonyl (C=O) groups is 1. The number of nitrogens with zero attached hydrogens (tertiary/aromatic N) is 5. The van der Waals surface area contributed by atoms with Gasteiger partial charge in [-0.1, -0.05) is 0 Å². The Labute approximate surface area is 225 Å². The molecule has 3 aromatic heterocycles. The number of aliphatic hydroxyl groups is 1. The molecular formula is C26H32N8O3S. The molecule has 200 valence electrons. The van der Waals surface area contributed by atoms with E-state index in [2.05, 4.69) is 25.9 Å². The molecule has 0 radical (unpaired) electrons. The minimum Gasteiger partial charge on any atom is -0.389 e. The van der Waals surface area contributed by atoms with E-state index in [1.165, 1.54) is 11.8 Å². The molecule has 12 heteroatoms. The van der Waals surface area contributed by atoms with Gasteiger partial charge in [-0.05, 0) is 75.9 Å². The number of hydrogen-bond acceptors (Lipinski definition) is 9. The molecule has 0 bridgehead atoms. The molecule has 1 aliphatic heterocycles. The molecule has 1 amide bonds. The van der Waals surface area contributed by atoms with Crippen molar-refractivity contribution in [2.45, 2.75) is 55.6 Å². The molecule has 1 aromatic carbocycles. The highest BCUT2D eigenvalue weighted by atomic mass is 32.2. The molecule has 38 heavy (non-hydrogen) atoms. The van der Waals surface area contributed by atoms with Crippen LogP contribution >= 0.6 is 11.8 Å². The number of hydrogen-bond donors (Lipinski definition) is 4. The standard InChI is InChI=1S/C26H32N8O3S/c1-16-12-22(31-30-16)28-24-19-6-5-11-34(19)32-25(29-24)38-18-9-7-17(8-10-18)27-23(36)15-33-13-20(35)21(14-33)37-26(2,3)4/h5-12,20-21,35H,13-15H2,1-4H3,(H,27,36)(H2,28,29,30,31,32)/t20-,21-/m0/s1. The lowest BCUT2D eigenvalue weighted by Gasteiger charge is -2.26. The first-order chi connectivity index (χ1) is 18.1. The Morgan fingerprint density at radius 1 is 1.24 bits per heavy atom. The average molecular weight is 537 g/mol. The van der Waals surface area contributed by atoms with Crippen LogP contribution in [0.3, 0.4) is 0 Å². The molecular weight excluding hydrogens is 504 g/mol. The van der Waals surface area contributed by atoms with Crippen LogP contribution in [0.2, 0.25) is 0 Å². The lowest BCUT2D eigenvalue weighted by atomic mass is 10.1. The van der Waals surface area contributed by atoms with Crippen molar-refractivity contribution in [1.82, 2.24) is 29.7 Å². The largest absolute Gasteiger partial charge is 0.389 e. The van der Waals surface area contributed by atoms with Gasteiger partial charge in [-0.25, -0.2) is 9.50 Å². The van der Waals surface area contributed by atoms with Gasteiger partial charge in [0.25, 0.3) is 0 Å². The van der Waals surface area contributed by atoms with Gasteiger partial charge in [-0.15, -0.1) is 5.10 Å². The van der Waals surface area contributed by atoms with Crippen molar-refractivity contribution in [2.24, 2.45) is 0 Å². The smallest absolute Gasteiger partial charge is 0.238 e. The second-order valence-electron chi connectivity index (χ2n) is 10.3. The number of anilines is 3. The molecule has 0 unspecified atom stereocenters. The van der Waals surface area contributed by atoms with Crippen LogP contribution in [-0.2, 0) is 9.53 Å². The molecule has 1 saturated heterocycles. The Kier molecular flexibility index (Phi) is 7.39. The Morgan fingerprint density at radius 2 is 2.03 bits per heavy atom. The number of aromatic amines is 1. The van der Waals surface area contributed by atoms with Crippen LogP contribution in [0, 0.1) is 6.92 Å². The lowest BCUT2D eigenvalue weighted by molar-refractivity contribution is -0.117. The van der Waals surface area contributed by atoms with E-state index in [0.29, 0.717) is 35.6 Å². The SMILES string of the molecule is Cc1cc(Nc2nc(Sc3ccc(NC(=O)CN4C[C@H](OC(C)(C)C)[C@@H](O)C4)cc3)nn3cccc23)n[nH]1. The van der Waals surface area contributed by atoms with Crippen molar-refractivity contribution < 1.29 is 14.6 Å². The summed E-state index contributed by atoms with van der Waals surface area (Å²) >= 11 is 1.42. The first-order valence-corrected chi connectivity index (χ1v) is 13.2. The monoisotopic (exact) mass is 536 g/mol. The van der Waals surface area contributed by atoms with E-state index in [-0.39, 0.29) is 24.2 Å². The summed E-state index contributed by atoms with van der Waals surface area (Å²) in [7, 11) is 0. The number of aromatic nitrogens is 5. The van der Waals surface area contributed by atoms with E-state index < -0.39 is 6.10 Å². The molecule has 5 rings (SSSR count). The van der Waals surface area contributed by atoms with Gasteiger partial charge in [0, 0.05) is 41.6 Å². The van der Waals surface area contributed by atoms with Gasteiger partial charge in [-0.3, -0.25) is 14.8 Å². The van der Waals surface area contributed by atoms with Crippen LogP contribution < -0.4 is 10.6 Å². The number of ether oxygens (including phenoxy) is 1. The van der Waals surface area contributed by atoms with Crippen LogP contribution in [0.5, 0.6) is 0 Å². The van der Waals surface area contributed by atoms with Gasteiger partial charge in [0.15, 0.2) is 11.6 Å². The van der Waals surface area contributed by atoms with Crippen LogP contribution in [0.15, 0.2) is 58.7 Å². The second kappa shape index (κ2) is 10.7. The third kappa shape index (κ3) is 6.51. The Morgan fingerprint density at radius 3 is 2.74 bits per heavy atom. The van der Waals surface area contributed by atoms with Crippen LogP contribution in [0.4, 0.5) is 17.3 Å². The number of aryl methyl sites for hydroxylation is 1. The maximum absolute atomic E-state index is 12.6. The summed E-state index contributed by atoms with van der Waals surface area (Å²) in [5.74, 6) is 1.20. The fourth-order valence-electron chi connectivity index (χ4n) is 4.30. The summed E-state index contributed by atoms with van der Waals surface area (Å²) in [4.78, 5) is 20.1. The summed E-state index contributed by atoms with van der Waals surface area (Å²) in [5, 5.41) is 28.8. The second-order valence-corrected chi connectivity index (χ2v) is 11.4. The summed E-state index contributed by atoms with van der Waals surface area (Å²) in [6.07, 6.45) is 0.967. The summed E-state index contributed by atoms with van der Waals surface area (Å²) in [5.41, 5.74) is 2.14. The van der Waals surface area contributed by atoms with Crippen LogP contribution in [-0.4, -0.2) is 78.2 Å². The van der Waals surface area contributed by atoms with Gasteiger partial charge >= 0.3 is 0 Å². The molecule has 4 aromatic rings. The fourth-order valence-corrected chi connectivity index (χ4v) is 5.05. The molecule has 4 N–H and O–H groups in total. The Balaban J connectivity index is 1.19. The predicted molar refractivity (Wildman–Crippen MR) is 146 cm³/mol. The molecule has 11 nitrogen and oxygen atoms in total. The van der Waals surface area contributed by atoms with E-state index in [0.717, 1.165) is 16.1 Å². The maximum atomic E-state index is 12.6. The number of β-amino-alcohol motifs (C(OH)–C–C–N with tert-alkyl or cyclic N) is 1. The Bertz CT molecular complexity index is 1410. The minimum atomic E-state index is -0.606. The predicted octanol–water partition coefficient (Wildman–Crippen LogP) is 3.45. The molecule has 4 heterocycles. The van der Waals surface area contributed by atoms with E-state index in [9.17, 15) is 9.90 Å². The highest BCUT2D eigenvalue weighted by molar-refractivity contribution is 7.99. The maximum Gasteiger partial charge on any atom is 0.238 e. The average Bonchev–Trinajstić information content (AvgIpc) is 3.55. The topological polar surface area (TPSA) is 133 Å². The van der Waals surface area contributed by atoms with Crippen LogP contribution in [0.25, 0.3) is 5.52 Å². The number of fused-ring (bicyclic) bond motifs is 1. The van der Waals surface area contributed by atoms with Crippen molar-refractivity contribution in [2.75, 3.05) is 30.3 Å². The highest BCUT2D eigenvalue weighted by Gasteiger charge is 2.35. The molecule has 0 spiro atoms. The number of nitrogens with one attached hydrogen (secondary N) is 3. The molecule has 1 aliphatic rings. The first-order valence-electron chi connectivity index (χ1n) is 12.4. The zero-order valence-electron chi connectivity index (χ0n) is 21.8. The minimum absolute atomic E-state index is 0.139. The van der Waals surface area contributed by atoms with Crippen molar-refractivity contribution in [3.8, 4) is 0 Å². The number of H-pyrrole nitrogens is 1. The van der Waals surface area contributed by atoms with Crippen molar-refractivity contribution in [3.05, 3.63) is 54.4 Å². The van der Waals surface area contributed by atoms with Crippen molar-refractivity contribution in [3.63, 3.8) is 0 Å². The number of likely N-dealkylation sites (tertiary alicyclic amines) is 1. The first kappa shape index (κ1) is 26.2. The molecule has 0 aliphatic carbocycles. The number of rotatable bonds is 8. The number of carbonyl (C=O) groups excluding carboxylic acids is 1. The summed E-state index contributed by atoms with van der Waals surface area (Å²) < 4.78 is 7.69. The van der Waals surface area contributed by atoms with Gasteiger partial charge in [0.1, 0.15) is 5.52 Å². The number of aliphatic hydroxyl groups excluding tert-OH is 1. The van der Waals surface area contributed by atoms with Gasteiger partial charge in [0.05, 0.1) is 24.4 Å². The quantitative estimate of drug-likeness (QED) is 0.267. The lowest BCUT2D eigenvalue weighted by Crippen LogP contribution is -2.35. The number of benzene rings is 1. The molecule has 2 atom stereocenters.